The predicted molar refractivity (Wildman–Crippen MR) is 103 cm³/mol. The van der Waals surface area contributed by atoms with E-state index in [9.17, 15) is 9.59 Å². The average molecular weight is 372 g/mol. The van der Waals surface area contributed by atoms with Crippen LogP contribution >= 0.6 is 0 Å². The fourth-order valence-corrected chi connectivity index (χ4v) is 4.24. The van der Waals surface area contributed by atoms with Crippen molar-refractivity contribution in [2.75, 3.05) is 0 Å². The first kappa shape index (κ1) is 19.4. The largest absolute Gasteiger partial charge is 0.481 e. The summed E-state index contributed by atoms with van der Waals surface area (Å²) in [5.74, 6) is -1.76. The molecule has 0 spiro atoms. The van der Waals surface area contributed by atoms with Crippen LogP contribution in [0.4, 0.5) is 0 Å². The van der Waals surface area contributed by atoms with Crippen molar-refractivity contribution in [3.63, 3.8) is 0 Å². The predicted octanol–water partition coefficient (Wildman–Crippen LogP) is 4.53. The number of aromatic nitrogens is 2. The number of aryl methyl sites for hydroxylation is 1. The molecule has 146 valence electrons. The minimum Gasteiger partial charge on any atom is -0.481 e. The van der Waals surface area contributed by atoms with Crippen LogP contribution in [0.1, 0.15) is 81.5 Å². The molecule has 6 heteroatoms. The van der Waals surface area contributed by atoms with Crippen LogP contribution in [-0.4, -0.2) is 31.9 Å². The average Bonchev–Trinajstić information content (AvgIpc) is 3.28. The molecule has 0 saturated heterocycles. The second kappa shape index (κ2) is 8.55. The Morgan fingerprint density at radius 1 is 1.15 bits per heavy atom. The number of aliphatic carboxylic acids is 2. The molecular formula is C21H28N2O4. The van der Waals surface area contributed by atoms with Crippen LogP contribution in [0.25, 0.3) is 10.9 Å². The van der Waals surface area contributed by atoms with E-state index < -0.39 is 11.9 Å². The third-order valence-electron chi connectivity index (χ3n) is 5.70. The number of rotatable bonds is 9. The summed E-state index contributed by atoms with van der Waals surface area (Å²) in [6, 6.07) is 6.65. The molecule has 1 heterocycles. The Bertz CT molecular complexity index is 803. The molecule has 3 rings (SSSR count). The first-order valence-electron chi connectivity index (χ1n) is 9.94. The van der Waals surface area contributed by atoms with Gasteiger partial charge in [0.05, 0.1) is 17.3 Å². The molecule has 0 atom stereocenters. The molecule has 1 fully saturated rings. The van der Waals surface area contributed by atoms with Crippen LogP contribution in [0.2, 0.25) is 0 Å². The van der Waals surface area contributed by atoms with Gasteiger partial charge in [0.25, 0.3) is 0 Å². The molecule has 1 aromatic heterocycles. The number of carboxylic acids is 2. The number of fused-ring (bicyclic) bond motifs is 1. The van der Waals surface area contributed by atoms with Crippen LogP contribution in [0, 0.1) is 0 Å². The number of hydrogen-bond acceptors (Lipinski definition) is 3. The maximum Gasteiger partial charge on any atom is 0.303 e. The summed E-state index contributed by atoms with van der Waals surface area (Å²) in [5.41, 5.74) is 3.22. The lowest BCUT2D eigenvalue weighted by Gasteiger charge is -2.17. The minimum absolute atomic E-state index is 0.0461. The van der Waals surface area contributed by atoms with Crippen molar-refractivity contribution >= 4 is 22.8 Å². The molecule has 2 aromatic rings. The van der Waals surface area contributed by atoms with Crippen molar-refractivity contribution < 1.29 is 19.8 Å². The highest BCUT2D eigenvalue weighted by molar-refractivity contribution is 5.83. The molecule has 0 amide bonds. The van der Waals surface area contributed by atoms with E-state index in [1.807, 2.05) is 6.07 Å². The van der Waals surface area contributed by atoms with Crippen molar-refractivity contribution in [2.24, 2.45) is 0 Å². The number of carboxylic acid groups (broad SMARTS) is 2. The standard InChI is InChI=1S/C21H28N2O4/c1-2-18-17-10-7-15(14(8-11-20(24)25)9-12-21(26)27)13-19(17)23(22-18)16-5-3-4-6-16/h7,10,13-14,16H,2-6,8-9,11-12H2,1H3,(H,24,25)(H,26,27). The number of benzene rings is 1. The molecule has 1 aliphatic rings. The van der Waals surface area contributed by atoms with E-state index in [1.165, 1.54) is 12.8 Å². The van der Waals surface area contributed by atoms with E-state index in [2.05, 4.69) is 23.7 Å². The van der Waals surface area contributed by atoms with E-state index in [4.69, 9.17) is 15.3 Å². The first-order valence-corrected chi connectivity index (χ1v) is 9.94. The summed E-state index contributed by atoms with van der Waals surface area (Å²) in [6.07, 6.45) is 6.61. The Hall–Kier alpha value is -2.37. The summed E-state index contributed by atoms with van der Waals surface area (Å²) < 4.78 is 2.16. The second-order valence-electron chi connectivity index (χ2n) is 7.52. The van der Waals surface area contributed by atoms with Gasteiger partial charge in [-0.05, 0) is 49.7 Å². The maximum absolute atomic E-state index is 11.0. The molecule has 2 N–H and O–H groups in total. The van der Waals surface area contributed by atoms with Crippen molar-refractivity contribution in [3.8, 4) is 0 Å². The summed E-state index contributed by atoms with van der Waals surface area (Å²) in [4.78, 5) is 22.1. The van der Waals surface area contributed by atoms with Crippen molar-refractivity contribution in [1.29, 1.82) is 0 Å². The quantitative estimate of drug-likeness (QED) is 0.675. The molecule has 27 heavy (non-hydrogen) atoms. The molecule has 0 bridgehead atoms. The Kier molecular flexibility index (Phi) is 6.14. The number of nitrogens with zero attached hydrogens (tertiary/aromatic N) is 2. The van der Waals surface area contributed by atoms with Gasteiger partial charge in [0, 0.05) is 18.2 Å². The molecule has 1 aromatic carbocycles. The second-order valence-corrected chi connectivity index (χ2v) is 7.52. The highest BCUT2D eigenvalue weighted by Crippen LogP contribution is 2.35. The Morgan fingerprint density at radius 3 is 2.33 bits per heavy atom. The first-order chi connectivity index (χ1) is 13.0. The highest BCUT2D eigenvalue weighted by atomic mass is 16.4. The van der Waals surface area contributed by atoms with Crippen LogP contribution in [0.3, 0.4) is 0 Å². The monoisotopic (exact) mass is 372 g/mol. The molecule has 0 aliphatic heterocycles. The van der Waals surface area contributed by atoms with Crippen LogP contribution in [-0.2, 0) is 16.0 Å². The molecular weight excluding hydrogens is 344 g/mol. The Labute approximate surface area is 159 Å². The van der Waals surface area contributed by atoms with Crippen LogP contribution in [0.5, 0.6) is 0 Å². The van der Waals surface area contributed by atoms with Gasteiger partial charge in [-0.3, -0.25) is 14.3 Å². The van der Waals surface area contributed by atoms with E-state index in [-0.39, 0.29) is 18.8 Å². The van der Waals surface area contributed by atoms with Gasteiger partial charge in [0.2, 0.25) is 0 Å². The molecule has 1 aliphatic carbocycles. The van der Waals surface area contributed by atoms with Crippen LogP contribution in [0.15, 0.2) is 18.2 Å². The lowest BCUT2D eigenvalue weighted by atomic mass is 9.89. The van der Waals surface area contributed by atoms with Crippen molar-refractivity contribution in [1.82, 2.24) is 9.78 Å². The third kappa shape index (κ3) is 4.49. The van der Waals surface area contributed by atoms with Gasteiger partial charge in [-0.2, -0.15) is 5.10 Å². The van der Waals surface area contributed by atoms with E-state index in [1.54, 1.807) is 0 Å². The fraction of sp³-hybridized carbons (Fsp3) is 0.571. The topological polar surface area (TPSA) is 92.4 Å². The zero-order valence-electron chi connectivity index (χ0n) is 15.9. The van der Waals surface area contributed by atoms with E-state index in [0.29, 0.717) is 18.9 Å². The normalized spacial score (nSPS) is 15.0. The smallest absolute Gasteiger partial charge is 0.303 e. The SMILES string of the molecule is CCc1nn(C2CCCC2)c2cc(C(CCC(=O)O)CCC(=O)O)ccc12. The molecule has 1 saturated carbocycles. The number of hydrogen-bond donors (Lipinski definition) is 2. The van der Waals surface area contributed by atoms with Gasteiger partial charge >= 0.3 is 11.9 Å². The van der Waals surface area contributed by atoms with Gasteiger partial charge in [0.15, 0.2) is 0 Å². The minimum atomic E-state index is -0.847. The molecule has 0 radical (unpaired) electrons. The Morgan fingerprint density at radius 2 is 1.78 bits per heavy atom. The highest BCUT2D eigenvalue weighted by Gasteiger charge is 2.23. The summed E-state index contributed by atoms with van der Waals surface area (Å²) >= 11 is 0. The van der Waals surface area contributed by atoms with Crippen molar-refractivity contribution in [2.45, 2.75) is 76.7 Å². The maximum atomic E-state index is 11.0. The molecule has 6 nitrogen and oxygen atoms in total. The lowest BCUT2D eigenvalue weighted by Crippen LogP contribution is -2.08. The summed E-state index contributed by atoms with van der Waals surface area (Å²) in [6.45, 7) is 2.11. The van der Waals surface area contributed by atoms with Gasteiger partial charge in [-0.25, -0.2) is 0 Å². The van der Waals surface area contributed by atoms with E-state index >= 15 is 0 Å². The van der Waals surface area contributed by atoms with Gasteiger partial charge in [0.1, 0.15) is 0 Å². The van der Waals surface area contributed by atoms with Crippen LogP contribution < -0.4 is 0 Å². The number of carbonyl (C=O) groups is 2. The fourth-order valence-electron chi connectivity index (χ4n) is 4.24. The molecule has 0 unspecified atom stereocenters. The van der Waals surface area contributed by atoms with E-state index in [0.717, 1.165) is 41.4 Å². The van der Waals surface area contributed by atoms with Gasteiger partial charge in [-0.15, -0.1) is 0 Å². The Balaban J connectivity index is 1.96. The van der Waals surface area contributed by atoms with Gasteiger partial charge < -0.3 is 10.2 Å². The van der Waals surface area contributed by atoms with Gasteiger partial charge in [-0.1, -0.05) is 31.9 Å². The van der Waals surface area contributed by atoms with Crippen molar-refractivity contribution in [3.05, 3.63) is 29.5 Å². The summed E-state index contributed by atoms with van der Waals surface area (Å²) in [5, 5.41) is 24.1. The summed E-state index contributed by atoms with van der Waals surface area (Å²) in [7, 11) is 0. The lowest BCUT2D eigenvalue weighted by molar-refractivity contribution is -0.137. The third-order valence-corrected chi connectivity index (χ3v) is 5.70. The zero-order chi connectivity index (χ0) is 19.4. The zero-order valence-corrected chi connectivity index (χ0v) is 15.9.